The topological polar surface area (TPSA) is 78.4 Å². The van der Waals surface area contributed by atoms with Gasteiger partial charge in [-0.3, -0.25) is 4.79 Å². The highest BCUT2D eigenvalue weighted by Crippen LogP contribution is 2.21. The number of nitrogens with one attached hydrogen (secondary N) is 2. The third kappa shape index (κ3) is 9.46. The number of urea groups is 1. The third-order valence-electron chi connectivity index (χ3n) is 2.53. The summed E-state index contributed by atoms with van der Waals surface area (Å²) in [6.07, 6.45) is -5.10. The zero-order valence-electron chi connectivity index (χ0n) is 11.8. The van der Waals surface area contributed by atoms with E-state index in [4.69, 9.17) is 5.11 Å². The van der Waals surface area contributed by atoms with Gasteiger partial charge in [-0.05, 0) is 19.3 Å². The first kappa shape index (κ1) is 18.5. The molecule has 0 saturated heterocycles. The molecule has 0 rings (SSSR count). The number of rotatable bonds is 7. The van der Waals surface area contributed by atoms with Gasteiger partial charge < -0.3 is 15.7 Å². The number of hydrogen-bond acceptors (Lipinski definition) is 2. The van der Waals surface area contributed by atoms with E-state index in [0.29, 0.717) is 6.42 Å². The molecule has 5 nitrogen and oxygen atoms in total. The summed E-state index contributed by atoms with van der Waals surface area (Å²) in [5.41, 5.74) is 0. The lowest BCUT2D eigenvalue weighted by Gasteiger charge is -2.18. The Morgan fingerprint density at radius 2 is 1.75 bits per heavy atom. The second kappa shape index (κ2) is 7.96. The van der Waals surface area contributed by atoms with Crippen LogP contribution >= 0.6 is 0 Å². The summed E-state index contributed by atoms with van der Waals surface area (Å²) in [5.74, 6) is -1.65. The zero-order valence-corrected chi connectivity index (χ0v) is 11.8. The summed E-state index contributed by atoms with van der Waals surface area (Å²) in [4.78, 5) is 22.3. The van der Waals surface area contributed by atoms with Gasteiger partial charge in [-0.15, -0.1) is 0 Å². The molecule has 2 amide bonds. The molecular weight excluding hydrogens is 277 g/mol. The van der Waals surface area contributed by atoms with Crippen molar-refractivity contribution < 1.29 is 27.9 Å². The summed E-state index contributed by atoms with van der Waals surface area (Å²) < 4.78 is 36.2. The molecule has 0 spiro atoms. The van der Waals surface area contributed by atoms with Crippen molar-refractivity contribution >= 4 is 12.0 Å². The monoisotopic (exact) mass is 298 g/mol. The fourth-order valence-corrected chi connectivity index (χ4v) is 1.73. The fourth-order valence-electron chi connectivity index (χ4n) is 1.73. The fraction of sp³-hybridized carbons (Fsp3) is 0.833. The molecule has 3 N–H and O–H groups in total. The Labute approximate surface area is 115 Å². The molecule has 2 atom stereocenters. The molecule has 0 aliphatic heterocycles. The van der Waals surface area contributed by atoms with Gasteiger partial charge in [0.2, 0.25) is 0 Å². The molecule has 0 saturated carbocycles. The number of alkyl halides is 3. The molecule has 0 aromatic carbocycles. The van der Waals surface area contributed by atoms with Crippen LogP contribution in [0.2, 0.25) is 0 Å². The molecule has 0 fully saturated rings. The number of hydrogen-bond donors (Lipinski definition) is 3. The molecular formula is C12H21F3N2O3. The summed E-state index contributed by atoms with van der Waals surface area (Å²) in [7, 11) is 0. The van der Waals surface area contributed by atoms with Gasteiger partial charge >= 0.3 is 18.2 Å². The number of amides is 2. The van der Waals surface area contributed by atoms with Gasteiger partial charge in [0.05, 0.1) is 12.3 Å². The maximum Gasteiger partial charge on any atom is 0.391 e. The first-order valence-corrected chi connectivity index (χ1v) is 6.35. The normalized spacial score (nSPS) is 14.8. The Morgan fingerprint density at radius 1 is 1.20 bits per heavy atom. The van der Waals surface area contributed by atoms with E-state index in [-0.39, 0.29) is 12.5 Å². The van der Waals surface area contributed by atoms with Gasteiger partial charge in [-0.25, -0.2) is 4.79 Å². The SMILES string of the molecule is CC(C)CC(CNC(=O)NC(C)CC(F)(F)F)C(=O)O. The number of carbonyl (C=O) groups is 2. The van der Waals surface area contributed by atoms with Crippen LogP contribution in [-0.2, 0) is 4.79 Å². The van der Waals surface area contributed by atoms with Crippen molar-refractivity contribution in [3.05, 3.63) is 0 Å². The smallest absolute Gasteiger partial charge is 0.391 e. The average Bonchev–Trinajstić information content (AvgIpc) is 2.20. The van der Waals surface area contributed by atoms with Crippen LogP contribution < -0.4 is 10.6 Å². The molecule has 8 heteroatoms. The quantitative estimate of drug-likeness (QED) is 0.675. The summed E-state index contributed by atoms with van der Waals surface area (Å²) in [6, 6.07) is -1.86. The van der Waals surface area contributed by atoms with Crippen molar-refractivity contribution in [2.75, 3.05) is 6.54 Å². The molecule has 0 aliphatic rings. The minimum Gasteiger partial charge on any atom is -0.481 e. The maximum atomic E-state index is 12.1. The van der Waals surface area contributed by atoms with Gasteiger partial charge in [-0.1, -0.05) is 13.8 Å². The number of carbonyl (C=O) groups excluding carboxylic acids is 1. The average molecular weight is 298 g/mol. The summed E-state index contributed by atoms with van der Waals surface area (Å²) in [6.45, 7) is 4.82. The van der Waals surface area contributed by atoms with E-state index in [9.17, 15) is 22.8 Å². The predicted molar refractivity (Wildman–Crippen MR) is 67.2 cm³/mol. The third-order valence-corrected chi connectivity index (χ3v) is 2.53. The van der Waals surface area contributed by atoms with Crippen LogP contribution in [0, 0.1) is 11.8 Å². The first-order valence-electron chi connectivity index (χ1n) is 6.35. The van der Waals surface area contributed by atoms with Crippen LogP contribution in [0.25, 0.3) is 0 Å². The van der Waals surface area contributed by atoms with Crippen LogP contribution in [0.15, 0.2) is 0 Å². The van der Waals surface area contributed by atoms with E-state index >= 15 is 0 Å². The number of carboxylic acids is 1. The van der Waals surface area contributed by atoms with Crippen molar-refractivity contribution in [2.45, 2.75) is 45.8 Å². The first-order chi connectivity index (χ1) is 9.01. The molecule has 0 radical (unpaired) electrons. The second-order valence-electron chi connectivity index (χ2n) is 5.24. The van der Waals surface area contributed by atoms with Gasteiger partial charge in [0.1, 0.15) is 0 Å². The van der Waals surface area contributed by atoms with Crippen LogP contribution in [0.4, 0.5) is 18.0 Å². The van der Waals surface area contributed by atoms with Gasteiger partial charge in [0.15, 0.2) is 0 Å². The largest absolute Gasteiger partial charge is 0.481 e. The number of carboxylic acid groups (broad SMARTS) is 1. The summed E-state index contributed by atoms with van der Waals surface area (Å²) >= 11 is 0. The van der Waals surface area contributed by atoms with E-state index in [1.165, 1.54) is 6.92 Å². The Bertz CT molecular complexity index is 332. The number of aliphatic carboxylic acids is 1. The Balaban J connectivity index is 4.16. The molecule has 0 bridgehead atoms. The van der Waals surface area contributed by atoms with Crippen LogP contribution in [0.1, 0.15) is 33.6 Å². The highest BCUT2D eigenvalue weighted by atomic mass is 19.4. The van der Waals surface area contributed by atoms with Gasteiger partial charge in [0, 0.05) is 12.6 Å². The maximum absolute atomic E-state index is 12.1. The van der Waals surface area contributed by atoms with E-state index in [0.717, 1.165) is 0 Å². The zero-order chi connectivity index (χ0) is 15.9. The van der Waals surface area contributed by atoms with Crippen LogP contribution in [-0.4, -0.2) is 35.9 Å². The van der Waals surface area contributed by atoms with Crippen molar-refractivity contribution in [1.29, 1.82) is 0 Å². The molecule has 118 valence electrons. The lowest BCUT2D eigenvalue weighted by atomic mass is 9.97. The minimum atomic E-state index is -4.35. The molecule has 0 aromatic rings. The Hall–Kier alpha value is -1.47. The highest BCUT2D eigenvalue weighted by Gasteiger charge is 2.30. The van der Waals surface area contributed by atoms with Crippen molar-refractivity contribution in [3.63, 3.8) is 0 Å². The Morgan fingerprint density at radius 3 is 2.15 bits per heavy atom. The minimum absolute atomic E-state index is 0.113. The molecule has 0 aromatic heterocycles. The molecule has 20 heavy (non-hydrogen) atoms. The number of halogens is 3. The summed E-state index contributed by atoms with van der Waals surface area (Å²) in [5, 5.41) is 13.4. The van der Waals surface area contributed by atoms with E-state index < -0.39 is 36.6 Å². The molecule has 2 unspecified atom stereocenters. The lowest BCUT2D eigenvalue weighted by molar-refractivity contribution is -0.142. The molecule has 0 heterocycles. The standard InChI is InChI=1S/C12H21F3N2O3/c1-7(2)4-9(10(18)19)6-16-11(20)17-8(3)5-12(13,14)15/h7-9H,4-6H2,1-3H3,(H,18,19)(H2,16,17,20). The van der Waals surface area contributed by atoms with E-state index in [1.807, 2.05) is 13.8 Å². The van der Waals surface area contributed by atoms with Crippen LogP contribution in [0.5, 0.6) is 0 Å². The van der Waals surface area contributed by atoms with Crippen molar-refractivity contribution in [1.82, 2.24) is 10.6 Å². The van der Waals surface area contributed by atoms with E-state index in [2.05, 4.69) is 10.6 Å². The lowest BCUT2D eigenvalue weighted by Crippen LogP contribution is -2.44. The highest BCUT2D eigenvalue weighted by molar-refractivity contribution is 5.76. The van der Waals surface area contributed by atoms with Crippen LogP contribution in [0.3, 0.4) is 0 Å². The van der Waals surface area contributed by atoms with E-state index in [1.54, 1.807) is 0 Å². The second-order valence-corrected chi connectivity index (χ2v) is 5.24. The predicted octanol–water partition coefficient (Wildman–Crippen LogP) is 2.37. The van der Waals surface area contributed by atoms with Crippen molar-refractivity contribution in [3.8, 4) is 0 Å². The van der Waals surface area contributed by atoms with Gasteiger partial charge in [0.25, 0.3) is 0 Å². The van der Waals surface area contributed by atoms with Crippen molar-refractivity contribution in [2.24, 2.45) is 11.8 Å². The molecule has 0 aliphatic carbocycles. The Kier molecular flexibility index (Phi) is 7.38. The van der Waals surface area contributed by atoms with Gasteiger partial charge in [-0.2, -0.15) is 13.2 Å².